The molecule has 1 N–H and O–H groups in total. The van der Waals surface area contributed by atoms with Crippen molar-refractivity contribution in [2.24, 2.45) is 11.3 Å². The van der Waals surface area contributed by atoms with E-state index in [4.69, 9.17) is 14.6 Å². The van der Waals surface area contributed by atoms with Gasteiger partial charge in [-0.3, -0.25) is 14.5 Å². The van der Waals surface area contributed by atoms with E-state index >= 15 is 0 Å². The molecular weight excluding hydrogens is 448 g/mol. The molecular formula is C22H28F4N2O5. The molecule has 2 aliphatic rings. The molecule has 0 bridgehead atoms. The summed E-state index contributed by atoms with van der Waals surface area (Å²) in [6, 6.07) is 6.55. The average molecular weight is 476 g/mol. The number of rotatable bonds is 4. The predicted octanol–water partition coefficient (Wildman–Crippen LogP) is 3.08. The zero-order valence-corrected chi connectivity index (χ0v) is 18.5. The summed E-state index contributed by atoms with van der Waals surface area (Å²) >= 11 is 0. The van der Waals surface area contributed by atoms with E-state index in [1.807, 2.05) is 6.92 Å². The fourth-order valence-electron chi connectivity index (χ4n) is 4.35. The summed E-state index contributed by atoms with van der Waals surface area (Å²) in [5.41, 5.74) is 0.454. The number of amides is 1. The van der Waals surface area contributed by atoms with Crippen LogP contribution in [0.5, 0.6) is 0 Å². The Morgan fingerprint density at radius 3 is 2.30 bits per heavy atom. The molecule has 33 heavy (non-hydrogen) atoms. The van der Waals surface area contributed by atoms with Gasteiger partial charge in [-0.25, -0.2) is 9.18 Å². The number of carboxylic acid groups (broad SMARTS) is 1. The molecule has 3 rings (SSSR count). The fourth-order valence-corrected chi connectivity index (χ4v) is 4.35. The Labute approximate surface area is 189 Å². The Balaban J connectivity index is 0.000000479. The first-order chi connectivity index (χ1) is 15.4. The maximum Gasteiger partial charge on any atom is 0.490 e. The molecule has 2 atom stereocenters. The maximum absolute atomic E-state index is 13.1. The minimum absolute atomic E-state index is 0.00633. The number of fused-ring (bicyclic) bond motifs is 1. The Morgan fingerprint density at radius 2 is 1.79 bits per heavy atom. The molecule has 1 aromatic rings. The standard InChI is InChI=1S/C20H27FN2O3.C2HF3O2/c1-3-26-19(25)20-9-4-10-22(11-16-5-7-18(21)8-6-16)12-17(20)13-23(14-20)15(2)24;3-2(4,5)1(6)7/h5-8,17H,3-4,9-14H2,1-2H3;(H,6,7)/t17-,20-;/m0./s1. The topological polar surface area (TPSA) is 87.2 Å². The van der Waals surface area contributed by atoms with E-state index in [1.54, 1.807) is 24.0 Å². The van der Waals surface area contributed by atoms with Crippen LogP contribution in [0.15, 0.2) is 24.3 Å². The van der Waals surface area contributed by atoms with Crippen LogP contribution in [0.4, 0.5) is 17.6 Å². The van der Waals surface area contributed by atoms with E-state index < -0.39 is 17.6 Å². The van der Waals surface area contributed by atoms with Gasteiger partial charge in [-0.2, -0.15) is 13.2 Å². The Kier molecular flexibility index (Phi) is 8.82. The van der Waals surface area contributed by atoms with Gasteiger partial charge in [-0.1, -0.05) is 12.1 Å². The SMILES string of the molecule is CCOC(=O)[C@]12CCCN(Cc3ccc(F)cc3)C[C@H]1CN(C(C)=O)C2.O=C(O)C(F)(F)F. The Hall–Kier alpha value is -2.69. The van der Waals surface area contributed by atoms with Crippen LogP contribution in [0.25, 0.3) is 0 Å². The van der Waals surface area contributed by atoms with E-state index in [-0.39, 0.29) is 23.6 Å². The summed E-state index contributed by atoms with van der Waals surface area (Å²) in [5, 5.41) is 7.12. The molecule has 1 amide bonds. The smallest absolute Gasteiger partial charge is 0.475 e. The molecule has 1 aromatic carbocycles. The van der Waals surface area contributed by atoms with Crippen LogP contribution in [0.3, 0.4) is 0 Å². The van der Waals surface area contributed by atoms with Crippen LogP contribution >= 0.6 is 0 Å². The number of ether oxygens (including phenoxy) is 1. The number of alkyl halides is 3. The van der Waals surface area contributed by atoms with Crippen molar-refractivity contribution in [3.05, 3.63) is 35.6 Å². The summed E-state index contributed by atoms with van der Waals surface area (Å²) in [6.07, 6.45) is -3.47. The zero-order chi connectivity index (χ0) is 24.8. The summed E-state index contributed by atoms with van der Waals surface area (Å²) in [6.45, 7) is 7.11. The first-order valence-electron chi connectivity index (χ1n) is 10.6. The van der Waals surface area contributed by atoms with E-state index in [1.165, 1.54) is 12.1 Å². The number of nitrogens with zero attached hydrogens (tertiary/aromatic N) is 2. The molecule has 11 heteroatoms. The number of hydrogen-bond acceptors (Lipinski definition) is 5. The highest BCUT2D eigenvalue weighted by Gasteiger charge is 2.54. The molecule has 0 saturated carbocycles. The van der Waals surface area contributed by atoms with Gasteiger partial charge >= 0.3 is 18.1 Å². The molecule has 0 aromatic heterocycles. The predicted molar refractivity (Wildman–Crippen MR) is 109 cm³/mol. The van der Waals surface area contributed by atoms with E-state index in [2.05, 4.69) is 4.90 Å². The van der Waals surface area contributed by atoms with Gasteiger partial charge in [0.2, 0.25) is 5.91 Å². The molecule has 0 radical (unpaired) electrons. The number of halogens is 4. The van der Waals surface area contributed by atoms with Crippen molar-refractivity contribution in [1.82, 2.24) is 9.80 Å². The molecule has 0 spiro atoms. The van der Waals surface area contributed by atoms with Gasteiger partial charge in [0, 0.05) is 39.0 Å². The highest BCUT2D eigenvalue weighted by molar-refractivity contribution is 5.81. The van der Waals surface area contributed by atoms with Crippen molar-refractivity contribution in [1.29, 1.82) is 0 Å². The average Bonchev–Trinajstić information content (AvgIpc) is 3.00. The normalized spacial score (nSPS) is 23.1. The number of hydrogen-bond donors (Lipinski definition) is 1. The second kappa shape index (κ2) is 11.0. The van der Waals surface area contributed by atoms with E-state index in [0.29, 0.717) is 19.7 Å². The largest absolute Gasteiger partial charge is 0.490 e. The molecule has 2 fully saturated rings. The van der Waals surface area contributed by atoms with Crippen molar-refractivity contribution in [2.45, 2.75) is 39.4 Å². The van der Waals surface area contributed by atoms with Crippen molar-refractivity contribution in [3.63, 3.8) is 0 Å². The lowest BCUT2D eigenvalue weighted by Gasteiger charge is -2.31. The zero-order valence-electron chi connectivity index (χ0n) is 18.5. The summed E-state index contributed by atoms with van der Waals surface area (Å²) in [4.78, 5) is 37.7. The van der Waals surface area contributed by atoms with Crippen LogP contribution in [0, 0.1) is 17.2 Å². The second-order valence-corrected chi connectivity index (χ2v) is 8.24. The summed E-state index contributed by atoms with van der Waals surface area (Å²) in [7, 11) is 0. The number of esters is 1. The number of benzene rings is 1. The van der Waals surface area contributed by atoms with Crippen molar-refractivity contribution >= 4 is 17.8 Å². The highest BCUT2D eigenvalue weighted by atomic mass is 19.4. The monoisotopic (exact) mass is 476 g/mol. The number of carboxylic acids is 1. The van der Waals surface area contributed by atoms with Crippen LogP contribution in [0.2, 0.25) is 0 Å². The fraction of sp³-hybridized carbons (Fsp3) is 0.591. The number of carbonyl (C=O) groups excluding carboxylic acids is 2. The number of likely N-dealkylation sites (tertiary alicyclic amines) is 2. The van der Waals surface area contributed by atoms with E-state index in [0.717, 1.165) is 38.0 Å². The minimum atomic E-state index is -5.08. The molecule has 0 unspecified atom stereocenters. The van der Waals surface area contributed by atoms with Crippen LogP contribution in [0.1, 0.15) is 32.3 Å². The third kappa shape index (κ3) is 6.89. The van der Waals surface area contributed by atoms with Gasteiger partial charge in [-0.05, 0) is 44.0 Å². The third-order valence-electron chi connectivity index (χ3n) is 5.96. The van der Waals surface area contributed by atoms with Gasteiger partial charge in [-0.15, -0.1) is 0 Å². The molecule has 2 aliphatic heterocycles. The number of aliphatic carboxylic acids is 1. The van der Waals surface area contributed by atoms with Crippen LogP contribution < -0.4 is 0 Å². The van der Waals surface area contributed by atoms with Crippen LogP contribution in [-0.4, -0.2) is 71.7 Å². The van der Waals surface area contributed by atoms with E-state index in [9.17, 15) is 27.2 Å². The summed E-state index contributed by atoms with van der Waals surface area (Å²) in [5.74, 6) is -3.09. The Bertz CT molecular complexity index is 846. The summed E-state index contributed by atoms with van der Waals surface area (Å²) < 4.78 is 50.3. The minimum Gasteiger partial charge on any atom is -0.475 e. The van der Waals surface area contributed by atoms with Crippen LogP contribution in [-0.2, 0) is 25.7 Å². The van der Waals surface area contributed by atoms with Gasteiger partial charge in [0.05, 0.1) is 12.0 Å². The van der Waals surface area contributed by atoms with Gasteiger partial charge in [0.15, 0.2) is 0 Å². The molecule has 2 saturated heterocycles. The lowest BCUT2D eigenvalue weighted by molar-refractivity contribution is -0.192. The first-order valence-corrected chi connectivity index (χ1v) is 10.6. The molecule has 2 heterocycles. The van der Waals surface area contributed by atoms with Crippen molar-refractivity contribution in [2.75, 3.05) is 32.8 Å². The molecule has 7 nitrogen and oxygen atoms in total. The third-order valence-corrected chi connectivity index (χ3v) is 5.96. The highest BCUT2D eigenvalue weighted by Crippen LogP contribution is 2.44. The lowest BCUT2D eigenvalue weighted by Crippen LogP contribution is -2.42. The maximum atomic E-state index is 13.1. The molecule has 0 aliphatic carbocycles. The number of carbonyl (C=O) groups is 3. The van der Waals surface area contributed by atoms with Crippen molar-refractivity contribution in [3.8, 4) is 0 Å². The second-order valence-electron chi connectivity index (χ2n) is 8.24. The van der Waals surface area contributed by atoms with Crippen molar-refractivity contribution < 1.29 is 41.8 Å². The van der Waals surface area contributed by atoms with Gasteiger partial charge < -0.3 is 14.7 Å². The van der Waals surface area contributed by atoms with Gasteiger partial charge in [0.1, 0.15) is 5.82 Å². The lowest BCUT2D eigenvalue weighted by atomic mass is 9.75. The first kappa shape index (κ1) is 26.6. The Morgan fingerprint density at radius 1 is 1.18 bits per heavy atom. The molecule has 184 valence electrons. The van der Waals surface area contributed by atoms with Gasteiger partial charge in [0.25, 0.3) is 0 Å². The quantitative estimate of drug-likeness (QED) is 0.531.